The predicted molar refractivity (Wildman–Crippen MR) is 65.6 cm³/mol. The molecule has 1 aromatic rings. The largest absolute Gasteiger partial charge is 0.495 e. The Bertz CT molecular complexity index is 434. The minimum Gasteiger partial charge on any atom is -0.465 e. The Kier molecular flexibility index (Phi) is 6.62. The summed E-state index contributed by atoms with van der Waals surface area (Å²) >= 11 is 0. The lowest BCUT2D eigenvalue weighted by molar-refractivity contribution is -0.383. The summed E-state index contributed by atoms with van der Waals surface area (Å²) in [4.78, 5) is 20.9. The molecule has 0 aliphatic heterocycles. The summed E-state index contributed by atoms with van der Waals surface area (Å²) in [6.07, 6.45) is 0. The number of hydrogen-bond acceptors (Lipinski definition) is 6. The van der Waals surface area contributed by atoms with Gasteiger partial charge in [-0.25, -0.2) is 4.79 Å². The number of rotatable bonds is 3. The molecule has 1 aromatic carbocycles. The molecule has 0 aromatic heterocycles. The van der Waals surface area contributed by atoms with E-state index in [9.17, 15) is 14.9 Å². The molecule has 18 heavy (non-hydrogen) atoms. The van der Waals surface area contributed by atoms with Crippen LogP contribution in [0.25, 0.3) is 0 Å². The lowest BCUT2D eigenvalue weighted by Gasteiger charge is -2.03. The molecule has 0 aliphatic rings. The molecule has 0 atom stereocenters. The first-order valence-electron chi connectivity index (χ1n) is 5.20. The highest BCUT2D eigenvalue weighted by Gasteiger charge is 2.25. The van der Waals surface area contributed by atoms with Crippen molar-refractivity contribution in [1.82, 2.24) is 0 Å². The first-order chi connectivity index (χ1) is 8.47. The van der Waals surface area contributed by atoms with Gasteiger partial charge in [-0.1, -0.05) is 19.9 Å². The molecule has 0 saturated carbocycles. The standard InChI is InChI=1S/C8H8BNO6.C2H6/c1-16-8(11)5-2-3-6(9(12)13)7(4-5)10(14)15;1-2/h2-4,12-13H,1H3;1-2H3. The highest BCUT2D eigenvalue weighted by atomic mass is 16.6. The number of carbonyl (C=O) groups excluding carboxylic acids is 1. The van der Waals surface area contributed by atoms with Crippen LogP contribution in [0.3, 0.4) is 0 Å². The molecule has 2 N–H and O–H groups in total. The third-order valence-electron chi connectivity index (χ3n) is 1.93. The van der Waals surface area contributed by atoms with E-state index in [1.54, 1.807) is 0 Å². The summed E-state index contributed by atoms with van der Waals surface area (Å²) in [6.45, 7) is 4.00. The molecule has 0 fully saturated rings. The third kappa shape index (κ3) is 3.83. The third-order valence-corrected chi connectivity index (χ3v) is 1.93. The van der Waals surface area contributed by atoms with Crippen molar-refractivity contribution in [3.63, 3.8) is 0 Å². The van der Waals surface area contributed by atoms with Gasteiger partial charge < -0.3 is 14.8 Å². The topological polar surface area (TPSA) is 110 Å². The fourth-order valence-corrected chi connectivity index (χ4v) is 1.16. The van der Waals surface area contributed by atoms with Crippen molar-refractivity contribution in [2.75, 3.05) is 7.11 Å². The SMILES string of the molecule is CC.COC(=O)c1ccc(B(O)O)c([N+](=O)[O-])c1. The Morgan fingerprint density at radius 1 is 1.39 bits per heavy atom. The van der Waals surface area contributed by atoms with Gasteiger partial charge in [-0.3, -0.25) is 10.1 Å². The molecular weight excluding hydrogens is 241 g/mol. The number of nitrogens with zero attached hydrogens (tertiary/aromatic N) is 1. The van der Waals surface area contributed by atoms with E-state index >= 15 is 0 Å². The molecule has 8 heteroatoms. The number of hydrogen-bond donors (Lipinski definition) is 2. The van der Waals surface area contributed by atoms with Crippen LogP contribution in [0.15, 0.2) is 18.2 Å². The lowest BCUT2D eigenvalue weighted by Crippen LogP contribution is -2.32. The summed E-state index contributed by atoms with van der Waals surface area (Å²) in [5, 5.41) is 28.4. The van der Waals surface area contributed by atoms with Gasteiger partial charge in [0.15, 0.2) is 0 Å². The molecule has 1 rings (SSSR count). The molecule has 0 radical (unpaired) electrons. The van der Waals surface area contributed by atoms with E-state index < -0.39 is 23.7 Å². The molecule has 0 bridgehead atoms. The zero-order valence-electron chi connectivity index (χ0n) is 10.3. The molecule has 0 spiro atoms. The van der Waals surface area contributed by atoms with Gasteiger partial charge in [-0.15, -0.1) is 0 Å². The van der Waals surface area contributed by atoms with Crippen molar-refractivity contribution in [3.8, 4) is 0 Å². The zero-order chi connectivity index (χ0) is 14.3. The quantitative estimate of drug-likeness (QED) is 0.342. The highest BCUT2D eigenvalue weighted by Crippen LogP contribution is 2.12. The van der Waals surface area contributed by atoms with Crippen LogP contribution in [0, 0.1) is 10.1 Å². The fourth-order valence-electron chi connectivity index (χ4n) is 1.16. The van der Waals surface area contributed by atoms with E-state index in [0.29, 0.717) is 0 Å². The minimum absolute atomic E-state index is 0.0291. The van der Waals surface area contributed by atoms with Crippen LogP contribution in [-0.4, -0.2) is 35.2 Å². The second kappa shape index (κ2) is 7.41. The molecule has 0 unspecified atom stereocenters. The van der Waals surface area contributed by atoms with Crippen LogP contribution in [0.1, 0.15) is 24.2 Å². The maximum Gasteiger partial charge on any atom is 0.495 e. The monoisotopic (exact) mass is 255 g/mol. The maximum absolute atomic E-state index is 11.1. The van der Waals surface area contributed by atoms with Gasteiger partial charge in [0.05, 0.1) is 23.1 Å². The fraction of sp³-hybridized carbons (Fsp3) is 0.300. The highest BCUT2D eigenvalue weighted by molar-refractivity contribution is 6.60. The van der Waals surface area contributed by atoms with E-state index in [4.69, 9.17) is 10.0 Å². The minimum atomic E-state index is -1.97. The molecule has 0 heterocycles. The number of nitro groups is 1. The van der Waals surface area contributed by atoms with E-state index in [2.05, 4.69) is 4.74 Å². The van der Waals surface area contributed by atoms with Gasteiger partial charge >= 0.3 is 13.1 Å². The first kappa shape index (κ1) is 16.1. The lowest BCUT2D eigenvalue weighted by atomic mass is 9.78. The zero-order valence-corrected chi connectivity index (χ0v) is 10.3. The summed E-state index contributed by atoms with van der Waals surface area (Å²) in [6, 6.07) is 3.24. The predicted octanol–water partition coefficient (Wildman–Crippen LogP) is 0.0874. The molecule has 0 aliphatic carbocycles. The Balaban J connectivity index is 0.00000137. The molecular formula is C10H14BNO6. The Labute approximate surface area is 104 Å². The Morgan fingerprint density at radius 3 is 2.33 bits per heavy atom. The number of benzene rings is 1. The average molecular weight is 255 g/mol. The Hall–Kier alpha value is -1.93. The molecule has 7 nitrogen and oxygen atoms in total. The van der Waals surface area contributed by atoms with E-state index in [-0.39, 0.29) is 11.0 Å². The van der Waals surface area contributed by atoms with E-state index in [1.807, 2.05) is 13.8 Å². The van der Waals surface area contributed by atoms with Gasteiger partial charge in [0, 0.05) is 6.07 Å². The van der Waals surface area contributed by atoms with Gasteiger partial charge in [0.2, 0.25) is 0 Å². The van der Waals surface area contributed by atoms with Crippen LogP contribution in [0.2, 0.25) is 0 Å². The summed E-state index contributed by atoms with van der Waals surface area (Å²) in [5.74, 6) is -0.734. The first-order valence-corrected chi connectivity index (χ1v) is 5.20. The number of carbonyl (C=O) groups is 1. The molecule has 98 valence electrons. The van der Waals surface area contributed by atoms with E-state index in [1.165, 1.54) is 6.07 Å². The number of ether oxygens (including phenoxy) is 1. The average Bonchev–Trinajstić information content (AvgIpc) is 2.39. The Morgan fingerprint density at radius 2 is 1.94 bits per heavy atom. The second-order valence-electron chi connectivity index (χ2n) is 2.90. The molecule has 0 amide bonds. The van der Waals surface area contributed by atoms with Gasteiger partial charge in [-0.05, 0) is 6.07 Å². The summed E-state index contributed by atoms with van der Waals surface area (Å²) < 4.78 is 4.38. The maximum atomic E-state index is 11.1. The van der Waals surface area contributed by atoms with Crippen molar-refractivity contribution in [3.05, 3.63) is 33.9 Å². The summed E-state index contributed by atoms with van der Waals surface area (Å²) in [5.41, 5.74) is -0.853. The van der Waals surface area contributed by atoms with Crippen LogP contribution in [0.4, 0.5) is 5.69 Å². The van der Waals surface area contributed by atoms with Crippen molar-refractivity contribution in [2.45, 2.75) is 13.8 Å². The molecule has 0 saturated heterocycles. The van der Waals surface area contributed by atoms with Crippen molar-refractivity contribution in [2.24, 2.45) is 0 Å². The normalized spacial score (nSPS) is 8.94. The van der Waals surface area contributed by atoms with Crippen LogP contribution < -0.4 is 5.46 Å². The smallest absolute Gasteiger partial charge is 0.465 e. The number of esters is 1. The van der Waals surface area contributed by atoms with Crippen molar-refractivity contribution < 1.29 is 24.5 Å². The van der Waals surface area contributed by atoms with Gasteiger partial charge in [-0.2, -0.15) is 0 Å². The summed E-state index contributed by atoms with van der Waals surface area (Å²) in [7, 11) is -0.824. The number of nitro benzene ring substituents is 1. The van der Waals surface area contributed by atoms with Crippen LogP contribution in [-0.2, 0) is 4.74 Å². The van der Waals surface area contributed by atoms with Crippen molar-refractivity contribution >= 4 is 24.2 Å². The number of methoxy groups -OCH3 is 1. The van der Waals surface area contributed by atoms with Crippen LogP contribution in [0.5, 0.6) is 0 Å². The van der Waals surface area contributed by atoms with Crippen LogP contribution >= 0.6 is 0 Å². The van der Waals surface area contributed by atoms with Crippen molar-refractivity contribution in [1.29, 1.82) is 0 Å². The van der Waals surface area contributed by atoms with E-state index in [0.717, 1.165) is 19.2 Å². The van der Waals surface area contributed by atoms with Gasteiger partial charge in [0.1, 0.15) is 0 Å². The second-order valence-corrected chi connectivity index (χ2v) is 2.90. The van der Waals surface area contributed by atoms with Gasteiger partial charge in [0.25, 0.3) is 5.69 Å².